The van der Waals surface area contributed by atoms with Crippen LogP contribution in [-0.4, -0.2) is 56.1 Å². The van der Waals surface area contributed by atoms with E-state index in [1.54, 1.807) is 17.0 Å². The molecule has 0 atom stereocenters. The molecule has 5 rings (SSSR count). The first-order valence-electron chi connectivity index (χ1n) is 10.2. The number of nitrogens with one attached hydrogen (secondary N) is 3. The average Bonchev–Trinajstić information content (AvgIpc) is 3.46. The van der Waals surface area contributed by atoms with Gasteiger partial charge in [0, 0.05) is 53.3 Å². The third-order valence-electron chi connectivity index (χ3n) is 5.57. The minimum atomic E-state index is -0.176. The van der Waals surface area contributed by atoms with Crippen LogP contribution in [0.15, 0.2) is 24.3 Å². The van der Waals surface area contributed by atoms with Crippen LogP contribution in [0.2, 0.25) is 5.02 Å². The van der Waals surface area contributed by atoms with Gasteiger partial charge in [0.05, 0.1) is 5.52 Å². The Hall–Kier alpha value is -2.71. The highest BCUT2D eigenvalue weighted by atomic mass is 35.5. The summed E-state index contributed by atoms with van der Waals surface area (Å²) < 4.78 is 0. The van der Waals surface area contributed by atoms with E-state index < -0.39 is 0 Å². The summed E-state index contributed by atoms with van der Waals surface area (Å²) in [6.07, 6.45) is 2.38. The Morgan fingerprint density at radius 1 is 1.27 bits per heavy atom. The van der Waals surface area contributed by atoms with Crippen molar-refractivity contribution in [1.29, 1.82) is 0 Å². The number of halogens is 1. The number of benzene rings is 1. The predicted octanol–water partition coefficient (Wildman–Crippen LogP) is 3.45. The van der Waals surface area contributed by atoms with Gasteiger partial charge in [-0.1, -0.05) is 11.6 Å². The van der Waals surface area contributed by atoms with Crippen molar-refractivity contribution < 1.29 is 4.79 Å². The number of hydrogen-bond donors (Lipinski definition) is 3. The van der Waals surface area contributed by atoms with E-state index in [2.05, 4.69) is 44.6 Å². The molecule has 2 aromatic heterocycles. The van der Waals surface area contributed by atoms with Gasteiger partial charge in [0.25, 0.3) is 5.91 Å². The highest BCUT2D eigenvalue weighted by Crippen LogP contribution is 2.39. The molecule has 1 aliphatic carbocycles. The lowest BCUT2D eigenvalue weighted by Crippen LogP contribution is -2.58. The first-order valence-corrected chi connectivity index (χ1v) is 10.6. The Morgan fingerprint density at radius 2 is 2.10 bits per heavy atom. The van der Waals surface area contributed by atoms with Crippen LogP contribution in [0, 0.1) is 0 Å². The highest BCUT2D eigenvalue weighted by molar-refractivity contribution is 6.31. The minimum Gasteiger partial charge on any atom is -0.333 e. The van der Waals surface area contributed by atoms with E-state index >= 15 is 0 Å². The fourth-order valence-corrected chi connectivity index (χ4v) is 4.05. The van der Waals surface area contributed by atoms with Crippen molar-refractivity contribution in [2.45, 2.75) is 38.1 Å². The summed E-state index contributed by atoms with van der Waals surface area (Å²) in [6, 6.07) is 7.37. The first-order chi connectivity index (χ1) is 14.4. The molecule has 156 valence electrons. The van der Waals surface area contributed by atoms with Crippen molar-refractivity contribution >= 4 is 40.0 Å². The average molecular weight is 426 g/mol. The van der Waals surface area contributed by atoms with Gasteiger partial charge in [-0.05, 0) is 44.9 Å². The molecule has 0 radical (unpaired) electrons. The fraction of sp³-hybridized carbons (Fsp3) is 0.429. The van der Waals surface area contributed by atoms with Gasteiger partial charge in [0.1, 0.15) is 5.82 Å². The summed E-state index contributed by atoms with van der Waals surface area (Å²) in [5, 5.41) is 15.4. The number of carbonyl (C=O) groups excluding carboxylic acids is 1. The van der Waals surface area contributed by atoms with Gasteiger partial charge >= 0.3 is 0 Å². The molecule has 0 spiro atoms. The summed E-state index contributed by atoms with van der Waals surface area (Å²) in [4.78, 5) is 24.1. The van der Waals surface area contributed by atoms with Crippen molar-refractivity contribution in [3.05, 3.63) is 40.8 Å². The monoisotopic (exact) mass is 425 g/mol. The van der Waals surface area contributed by atoms with Crippen LogP contribution in [0.4, 0.5) is 11.6 Å². The molecule has 2 aliphatic rings. The number of H-pyrrole nitrogens is 1. The summed E-state index contributed by atoms with van der Waals surface area (Å²) >= 11 is 6.22. The van der Waals surface area contributed by atoms with Crippen molar-refractivity contribution in [2.24, 2.45) is 0 Å². The molecule has 3 heterocycles. The maximum absolute atomic E-state index is 13.2. The number of nitrogens with zero attached hydrogens (tertiary/aromatic N) is 4. The topological polar surface area (TPSA) is 98.8 Å². The van der Waals surface area contributed by atoms with E-state index in [1.165, 1.54) is 12.8 Å². The summed E-state index contributed by atoms with van der Waals surface area (Å²) in [6.45, 7) is 6.12. The molecule has 3 N–H and O–H groups in total. The number of aromatic nitrogens is 4. The number of hydrogen-bond acceptors (Lipinski definition) is 6. The molecule has 1 aromatic carbocycles. The fourth-order valence-electron chi connectivity index (χ4n) is 3.87. The van der Waals surface area contributed by atoms with Crippen LogP contribution in [0.3, 0.4) is 0 Å². The lowest BCUT2D eigenvalue weighted by atomic mass is 10.0. The maximum atomic E-state index is 13.2. The van der Waals surface area contributed by atoms with Crippen LogP contribution in [-0.2, 0) is 0 Å². The molecule has 1 saturated heterocycles. The first kappa shape index (κ1) is 19.3. The Morgan fingerprint density at radius 3 is 2.87 bits per heavy atom. The smallest absolute Gasteiger partial charge is 0.291 e. The molecule has 1 saturated carbocycles. The van der Waals surface area contributed by atoms with Gasteiger partial charge in [-0.15, -0.1) is 0 Å². The molecule has 1 amide bonds. The van der Waals surface area contributed by atoms with Gasteiger partial charge in [0.15, 0.2) is 5.82 Å². The second-order valence-electron chi connectivity index (χ2n) is 8.70. The number of amides is 1. The maximum Gasteiger partial charge on any atom is 0.291 e. The van der Waals surface area contributed by atoms with E-state index in [-0.39, 0.29) is 17.3 Å². The predicted molar refractivity (Wildman–Crippen MR) is 116 cm³/mol. The molecule has 3 aromatic rings. The molecular weight excluding hydrogens is 402 g/mol. The summed E-state index contributed by atoms with van der Waals surface area (Å²) in [7, 11) is 0. The molecule has 2 fully saturated rings. The Kier molecular flexibility index (Phi) is 4.63. The van der Waals surface area contributed by atoms with Crippen molar-refractivity contribution in [1.82, 2.24) is 30.4 Å². The number of rotatable bonds is 4. The van der Waals surface area contributed by atoms with Gasteiger partial charge in [-0.2, -0.15) is 5.10 Å². The summed E-state index contributed by atoms with van der Waals surface area (Å²) in [5.41, 5.74) is 1.63. The second kappa shape index (κ2) is 7.21. The van der Waals surface area contributed by atoms with Crippen molar-refractivity contribution in [2.75, 3.05) is 25.0 Å². The third kappa shape index (κ3) is 3.85. The second-order valence-corrected chi connectivity index (χ2v) is 9.14. The van der Waals surface area contributed by atoms with Gasteiger partial charge in [-0.25, -0.2) is 9.97 Å². The third-order valence-corrected chi connectivity index (χ3v) is 5.80. The number of fused-ring (bicyclic) bond motifs is 1. The molecule has 30 heavy (non-hydrogen) atoms. The van der Waals surface area contributed by atoms with E-state index in [1.807, 2.05) is 12.1 Å². The standard InChI is InChI=1S/C21H24ClN7O/c1-21(2)11-29(8-7-23-21)20(30)19-24-15-6-5-13(22)9-14(15)18(26-19)25-17-10-16(27-28-17)12-3-4-12/h5-6,9-10,12,23H,3-4,7-8,11H2,1-2H3,(H2,24,25,26,27,28). The van der Waals surface area contributed by atoms with Gasteiger partial charge < -0.3 is 15.5 Å². The van der Waals surface area contributed by atoms with E-state index in [0.29, 0.717) is 41.2 Å². The molecule has 0 unspecified atom stereocenters. The molecule has 8 nitrogen and oxygen atoms in total. The normalized spacial score (nSPS) is 18.6. The number of aromatic amines is 1. The van der Waals surface area contributed by atoms with E-state index in [4.69, 9.17) is 11.6 Å². The van der Waals surface area contributed by atoms with E-state index in [9.17, 15) is 4.79 Å². The quantitative estimate of drug-likeness (QED) is 0.592. The van der Waals surface area contributed by atoms with Crippen LogP contribution in [0.25, 0.3) is 10.9 Å². The summed E-state index contributed by atoms with van der Waals surface area (Å²) in [5.74, 6) is 1.75. The molecule has 9 heteroatoms. The SMILES string of the molecule is CC1(C)CN(C(=O)c2nc(Nc3cc(C4CC4)[nH]n3)c3cc(Cl)ccc3n2)CCN1. The Labute approximate surface area is 179 Å². The Bertz CT molecular complexity index is 1120. The van der Waals surface area contributed by atoms with Crippen LogP contribution in [0.1, 0.15) is 48.9 Å². The molecule has 1 aliphatic heterocycles. The highest BCUT2D eigenvalue weighted by Gasteiger charge is 2.31. The Balaban J connectivity index is 1.51. The zero-order valence-corrected chi connectivity index (χ0v) is 17.8. The zero-order chi connectivity index (χ0) is 20.9. The lowest BCUT2D eigenvalue weighted by molar-refractivity contribution is 0.0640. The van der Waals surface area contributed by atoms with Crippen molar-refractivity contribution in [3.8, 4) is 0 Å². The minimum absolute atomic E-state index is 0.145. The van der Waals surface area contributed by atoms with Crippen LogP contribution < -0.4 is 10.6 Å². The number of anilines is 2. The molecular formula is C21H24ClN7O. The van der Waals surface area contributed by atoms with E-state index in [0.717, 1.165) is 17.6 Å². The lowest BCUT2D eigenvalue weighted by Gasteiger charge is -2.38. The number of carbonyl (C=O) groups is 1. The van der Waals surface area contributed by atoms with Gasteiger partial charge in [0.2, 0.25) is 5.82 Å². The zero-order valence-electron chi connectivity index (χ0n) is 17.0. The van der Waals surface area contributed by atoms with Crippen LogP contribution in [0.5, 0.6) is 0 Å². The van der Waals surface area contributed by atoms with Gasteiger partial charge in [-0.3, -0.25) is 9.89 Å². The van der Waals surface area contributed by atoms with Crippen LogP contribution >= 0.6 is 11.6 Å². The molecule has 0 bridgehead atoms. The van der Waals surface area contributed by atoms with Crippen molar-refractivity contribution in [3.63, 3.8) is 0 Å². The number of piperazine rings is 1. The largest absolute Gasteiger partial charge is 0.333 e.